The summed E-state index contributed by atoms with van der Waals surface area (Å²) in [7, 11) is 0. The number of ketones is 1. The molecule has 0 aliphatic carbocycles. The van der Waals surface area contributed by atoms with Crippen molar-refractivity contribution >= 4 is 70.3 Å². The number of ether oxygens (including phenoxy) is 2. The van der Waals surface area contributed by atoms with Crippen molar-refractivity contribution in [1.82, 2.24) is 25.7 Å². The Morgan fingerprint density at radius 2 is 1.76 bits per heavy atom. The monoisotopic (exact) mass is 849 g/mol. The molecule has 2 aromatic heterocycles. The van der Waals surface area contributed by atoms with Crippen LogP contribution in [-0.2, 0) is 23.9 Å². The molecule has 13 nitrogen and oxygen atoms in total. The van der Waals surface area contributed by atoms with Crippen LogP contribution in [-0.4, -0.2) is 82.3 Å². The van der Waals surface area contributed by atoms with Crippen LogP contribution in [0.15, 0.2) is 59.1 Å². The molecule has 284 valence electrons. The number of para-hydroxylation sites is 1. The first-order chi connectivity index (χ1) is 25.7. The van der Waals surface area contributed by atoms with Crippen LogP contribution < -0.4 is 15.4 Å². The van der Waals surface area contributed by atoms with Crippen LogP contribution >= 0.6 is 19.1 Å². The zero-order valence-corrected chi connectivity index (χ0v) is 32.9. The molecule has 1 unspecified atom stereocenters. The van der Waals surface area contributed by atoms with Gasteiger partial charge in [-0.25, -0.2) is 9.78 Å². The van der Waals surface area contributed by atoms with Crippen molar-refractivity contribution < 1.29 is 38.0 Å². The fraction of sp³-hybridized carbons (Fsp3) is 0.450. The van der Waals surface area contributed by atoms with Crippen LogP contribution in [0.4, 0.5) is 0 Å². The van der Waals surface area contributed by atoms with Crippen LogP contribution in [0.1, 0.15) is 82.0 Å². The lowest BCUT2D eigenvalue weighted by Crippen LogP contribution is -2.57. The lowest BCUT2D eigenvalue weighted by molar-refractivity contribution is -0.159. The second-order valence-electron chi connectivity index (χ2n) is 15.2. The lowest BCUT2D eigenvalue weighted by Gasteiger charge is -2.30. The third-order valence-electron chi connectivity index (χ3n) is 10.0. The minimum absolute atomic E-state index is 0.00148. The first kappa shape index (κ1) is 37.5. The maximum atomic E-state index is 14.6. The van der Waals surface area contributed by atoms with Crippen LogP contribution in [0.5, 0.6) is 5.88 Å². The van der Waals surface area contributed by atoms with Gasteiger partial charge in [0.2, 0.25) is 17.7 Å². The Balaban J connectivity index is 1.25. The van der Waals surface area contributed by atoms with E-state index in [1.807, 2.05) is 48.5 Å². The van der Waals surface area contributed by atoms with Gasteiger partial charge in [0.25, 0.3) is 5.91 Å². The minimum atomic E-state index is -2.78. The number of halogens is 1. The number of hydrogen-bond acceptors (Lipinski definition) is 10. The van der Waals surface area contributed by atoms with Crippen molar-refractivity contribution in [1.29, 1.82) is 0 Å². The second-order valence-corrected chi connectivity index (χ2v) is 20.3. The summed E-state index contributed by atoms with van der Waals surface area (Å²) >= 11 is -2.78. The van der Waals surface area contributed by atoms with Gasteiger partial charge in [-0.3, -0.25) is 19.2 Å². The van der Waals surface area contributed by atoms with Gasteiger partial charge in [-0.2, -0.15) is 0 Å². The largest absolute Gasteiger partial charge is 0.472 e. The van der Waals surface area contributed by atoms with Gasteiger partial charge in [-0.05, 0) is 58.1 Å². The van der Waals surface area contributed by atoms with E-state index in [1.54, 1.807) is 27.7 Å². The number of hydrogen-bond donors (Lipinski definition) is 2. The SMILES string of the molecule is C#I1C2CC(=O)CCCCC[C@H](NC(=O)c3cc(C)on3)C(=O)N3C[C@H](Oc4nc5ccccc5c5ccccc45)C[C@H]3C(=O)N[C@@]21C(=O)OC(C)(C)C. The normalized spacial score (nSPS) is 25.6. The van der Waals surface area contributed by atoms with Gasteiger partial charge in [0.1, 0.15) is 35.3 Å². The van der Waals surface area contributed by atoms with Crippen molar-refractivity contribution in [2.75, 3.05) is 6.54 Å². The molecule has 3 amide bonds. The molecule has 0 radical (unpaired) electrons. The number of rotatable bonds is 5. The number of carbonyl (C=O) groups is 5. The number of pyridine rings is 1. The highest BCUT2D eigenvalue weighted by Gasteiger charge is 2.67. The molecule has 0 spiro atoms. The molecular weight excluding hydrogens is 805 g/mol. The minimum Gasteiger partial charge on any atom is -0.472 e. The summed E-state index contributed by atoms with van der Waals surface area (Å²) in [5, 5.41) is 12.3. The molecule has 3 saturated heterocycles. The van der Waals surface area contributed by atoms with E-state index in [-0.39, 0.29) is 43.7 Å². The fourth-order valence-corrected chi connectivity index (χ4v) is 12.8. The molecule has 3 aliphatic rings. The fourth-order valence-electron chi connectivity index (χ4n) is 7.36. The molecule has 14 heteroatoms. The van der Waals surface area contributed by atoms with Gasteiger partial charge < -0.3 is 29.5 Å². The molecule has 5 heterocycles. The topological polar surface area (TPSA) is 170 Å². The van der Waals surface area contributed by atoms with Crippen molar-refractivity contribution in [2.24, 2.45) is 0 Å². The Hall–Kier alpha value is -4.82. The number of fused-ring (bicyclic) bond motifs is 5. The Morgan fingerprint density at radius 3 is 2.48 bits per heavy atom. The van der Waals surface area contributed by atoms with E-state index in [1.165, 1.54) is 11.0 Å². The van der Waals surface area contributed by atoms with Gasteiger partial charge in [-0.1, -0.05) is 73.5 Å². The van der Waals surface area contributed by atoms with Gasteiger partial charge in [0.15, 0.2) is 9.24 Å². The average Bonchev–Trinajstić information content (AvgIpc) is 3.46. The standard InChI is InChI=1S/C40H44IN5O8/c1-23-19-31(45-54-23)34(48)42-30-18-8-6-7-13-24(47)20-33-40(41(33)5,38(51)53-39(2,3)4)44-35(49)32-21-25(22-46(32)37(30)50)52-36-28-16-10-9-14-26(28)27-15-11-12-17-29(27)43-36/h5,9-12,14-17,19,25,30,32-33H,6-8,13,18,20-22H2,1-4H3,(H,42,48)(H,44,49)/t25-,30+,32+,33?,40-/m1/s1. The van der Waals surface area contributed by atoms with E-state index in [2.05, 4.69) is 15.8 Å². The molecule has 0 saturated carbocycles. The summed E-state index contributed by atoms with van der Waals surface area (Å²) in [6.45, 7) is 6.84. The van der Waals surface area contributed by atoms with Gasteiger partial charge >= 0.3 is 5.97 Å². The molecular formula is C40H44IN5O8. The Labute approximate surface area is 319 Å². The number of Topliss-reactive ketones (excluding diaryl/α,β-unsaturated/α-hetero) is 1. The van der Waals surface area contributed by atoms with Crippen LogP contribution in [0.25, 0.3) is 21.7 Å². The van der Waals surface area contributed by atoms with E-state index >= 15 is 0 Å². The van der Waals surface area contributed by atoms with Crippen LogP contribution in [0, 0.1) is 11.2 Å². The maximum absolute atomic E-state index is 14.6. The third kappa shape index (κ3) is 7.45. The highest BCUT2D eigenvalue weighted by atomic mass is 127. The number of aromatic nitrogens is 2. The van der Waals surface area contributed by atoms with Crippen LogP contribution in [0.3, 0.4) is 0 Å². The smallest absolute Gasteiger partial charge is 0.343 e. The zero-order chi connectivity index (χ0) is 38.4. The van der Waals surface area contributed by atoms with Crippen molar-refractivity contribution in [3.63, 3.8) is 0 Å². The number of carbonyl (C=O) groups excluding carboxylic acids is 5. The molecule has 0 bridgehead atoms. The predicted molar refractivity (Wildman–Crippen MR) is 208 cm³/mol. The number of esters is 1. The van der Waals surface area contributed by atoms with E-state index in [0.717, 1.165) is 21.7 Å². The predicted octanol–water partition coefficient (Wildman–Crippen LogP) is 5.39. The average molecular weight is 850 g/mol. The van der Waals surface area contributed by atoms with E-state index in [4.69, 9.17) is 23.3 Å². The number of amides is 3. The van der Waals surface area contributed by atoms with Gasteiger partial charge in [-0.15, -0.1) is 4.31 Å². The van der Waals surface area contributed by atoms with Crippen molar-refractivity contribution in [2.45, 2.75) is 104 Å². The second kappa shape index (κ2) is 14.8. The van der Waals surface area contributed by atoms with E-state index in [9.17, 15) is 24.0 Å². The lowest BCUT2D eigenvalue weighted by atomic mass is 10.0. The quantitative estimate of drug-likeness (QED) is 0.0874. The molecule has 4 aromatic rings. The Morgan fingerprint density at radius 1 is 1.04 bits per heavy atom. The molecule has 5 atom stereocenters. The number of alkyl halides is 2. The highest BCUT2D eigenvalue weighted by molar-refractivity contribution is 14.2. The zero-order valence-electron chi connectivity index (χ0n) is 30.7. The van der Waals surface area contributed by atoms with Crippen molar-refractivity contribution in [3.05, 3.63) is 66.1 Å². The molecule has 54 heavy (non-hydrogen) atoms. The number of aryl methyl sites for hydroxylation is 1. The van der Waals surface area contributed by atoms with Gasteiger partial charge in [0.05, 0.1) is 16.0 Å². The molecule has 7 rings (SSSR count). The number of nitrogens with one attached hydrogen (secondary N) is 2. The first-order valence-corrected chi connectivity index (χ1v) is 21.8. The summed E-state index contributed by atoms with van der Waals surface area (Å²) in [5.41, 5.74) is -0.127. The summed E-state index contributed by atoms with van der Waals surface area (Å²) in [6.07, 6.45) is 1.68. The summed E-state index contributed by atoms with van der Waals surface area (Å²) in [4.78, 5) is 75.8. The summed E-state index contributed by atoms with van der Waals surface area (Å²) in [6, 6.07) is 14.8. The highest BCUT2D eigenvalue weighted by Crippen LogP contribution is 2.66. The van der Waals surface area contributed by atoms with E-state index in [0.29, 0.717) is 30.9 Å². The molecule has 3 aliphatic heterocycles. The van der Waals surface area contributed by atoms with Gasteiger partial charge in [0, 0.05) is 36.1 Å². The maximum Gasteiger partial charge on any atom is 0.343 e. The molecule has 2 N–H and O–H groups in total. The Bertz CT molecular complexity index is 2240. The first-order valence-electron chi connectivity index (χ1n) is 18.2. The molecule has 3 fully saturated rings. The van der Waals surface area contributed by atoms with E-state index < -0.39 is 74.1 Å². The number of nitrogens with zero attached hydrogens (tertiary/aromatic N) is 3. The molecule has 2 aromatic carbocycles. The Kier molecular flexibility index (Phi) is 10.3. The summed E-state index contributed by atoms with van der Waals surface area (Å²) in [5.74, 6) is -1.61. The van der Waals surface area contributed by atoms with Crippen LogP contribution in [0.2, 0.25) is 0 Å². The summed E-state index contributed by atoms with van der Waals surface area (Å²) < 4.78 is 22.1. The number of benzene rings is 2. The third-order valence-corrected chi connectivity index (χ3v) is 15.8. The van der Waals surface area contributed by atoms with Crippen molar-refractivity contribution in [3.8, 4) is 10.2 Å².